The molecule has 1 aliphatic heterocycles. The molecule has 1 aromatic carbocycles. The summed E-state index contributed by atoms with van der Waals surface area (Å²) in [6, 6.07) is 5.55. The van der Waals surface area contributed by atoms with Crippen molar-refractivity contribution in [2.75, 3.05) is 31.2 Å². The number of halogens is 1. The standard InChI is InChI=1S/C12H16ClNO3/c13-11-2-1-3-12(10(11)8-16)14-4-5-17-9(6-14)7-15/h1-3,9,15-16H,4-8H2. The maximum Gasteiger partial charge on any atom is 0.0980 e. The summed E-state index contributed by atoms with van der Waals surface area (Å²) in [7, 11) is 0. The van der Waals surface area contributed by atoms with Gasteiger partial charge in [-0.05, 0) is 12.1 Å². The van der Waals surface area contributed by atoms with Crippen LogP contribution < -0.4 is 4.90 Å². The van der Waals surface area contributed by atoms with Crippen molar-refractivity contribution >= 4 is 17.3 Å². The quantitative estimate of drug-likeness (QED) is 0.849. The van der Waals surface area contributed by atoms with Crippen LogP contribution in [0.1, 0.15) is 5.56 Å². The van der Waals surface area contributed by atoms with E-state index in [4.69, 9.17) is 21.4 Å². The van der Waals surface area contributed by atoms with Crippen molar-refractivity contribution in [2.24, 2.45) is 0 Å². The number of morpholine rings is 1. The van der Waals surface area contributed by atoms with Crippen molar-refractivity contribution in [3.8, 4) is 0 Å². The van der Waals surface area contributed by atoms with Crippen LogP contribution in [0.2, 0.25) is 5.02 Å². The van der Waals surface area contributed by atoms with Gasteiger partial charge in [0.05, 0.1) is 25.9 Å². The molecule has 1 fully saturated rings. The van der Waals surface area contributed by atoms with E-state index in [0.717, 1.165) is 17.8 Å². The Morgan fingerprint density at radius 3 is 2.94 bits per heavy atom. The van der Waals surface area contributed by atoms with Crippen molar-refractivity contribution in [1.29, 1.82) is 0 Å². The lowest BCUT2D eigenvalue weighted by molar-refractivity contribution is 0.00348. The fourth-order valence-corrected chi connectivity index (χ4v) is 2.28. The SMILES string of the molecule is OCc1c(Cl)cccc1N1CCOC(CO)C1. The van der Waals surface area contributed by atoms with Crippen molar-refractivity contribution in [3.05, 3.63) is 28.8 Å². The first-order valence-corrected chi connectivity index (χ1v) is 5.99. The Kier molecular flexibility index (Phi) is 4.23. The van der Waals surface area contributed by atoms with Gasteiger partial charge in [0.2, 0.25) is 0 Å². The lowest BCUT2D eigenvalue weighted by atomic mass is 10.1. The molecule has 4 nitrogen and oxygen atoms in total. The molecule has 0 aliphatic carbocycles. The molecule has 17 heavy (non-hydrogen) atoms. The molecule has 2 N–H and O–H groups in total. The smallest absolute Gasteiger partial charge is 0.0980 e. The minimum absolute atomic E-state index is 0.00548. The van der Waals surface area contributed by atoms with Gasteiger partial charge in [0.1, 0.15) is 0 Å². The predicted octanol–water partition coefficient (Wildman–Crippen LogP) is 1.03. The summed E-state index contributed by atoms with van der Waals surface area (Å²) in [5.74, 6) is 0. The van der Waals surface area contributed by atoms with Crippen molar-refractivity contribution in [1.82, 2.24) is 0 Å². The minimum Gasteiger partial charge on any atom is -0.394 e. The van der Waals surface area contributed by atoms with Crippen LogP contribution in [0.4, 0.5) is 5.69 Å². The molecule has 1 saturated heterocycles. The maximum absolute atomic E-state index is 9.36. The highest BCUT2D eigenvalue weighted by atomic mass is 35.5. The number of ether oxygens (including phenoxy) is 1. The Morgan fingerprint density at radius 1 is 1.41 bits per heavy atom. The van der Waals surface area contributed by atoms with Gasteiger partial charge < -0.3 is 19.8 Å². The summed E-state index contributed by atoms with van der Waals surface area (Å²) in [6.07, 6.45) is -0.172. The second-order valence-corrected chi connectivity index (χ2v) is 4.42. The van der Waals surface area contributed by atoms with E-state index in [1.165, 1.54) is 0 Å². The van der Waals surface area contributed by atoms with Gasteiger partial charge in [-0.3, -0.25) is 0 Å². The Morgan fingerprint density at radius 2 is 2.24 bits per heavy atom. The summed E-state index contributed by atoms with van der Waals surface area (Å²) in [6.45, 7) is 1.85. The average Bonchev–Trinajstić information content (AvgIpc) is 2.38. The Hall–Kier alpha value is -0.810. The van der Waals surface area contributed by atoms with Crippen LogP contribution in [-0.4, -0.2) is 42.6 Å². The highest BCUT2D eigenvalue weighted by Crippen LogP contribution is 2.28. The van der Waals surface area contributed by atoms with E-state index in [0.29, 0.717) is 18.2 Å². The number of rotatable bonds is 3. The van der Waals surface area contributed by atoms with Crippen LogP contribution in [0, 0.1) is 0 Å². The second-order valence-electron chi connectivity index (χ2n) is 4.02. The van der Waals surface area contributed by atoms with E-state index in [9.17, 15) is 5.11 Å². The molecule has 0 bridgehead atoms. The van der Waals surface area contributed by atoms with E-state index in [-0.39, 0.29) is 19.3 Å². The fourth-order valence-electron chi connectivity index (χ4n) is 2.05. The first-order chi connectivity index (χ1) is 8.26. The lowest BCUT2D eigenvalue weighted by Crippen LogP contribution is -2.44. The van der Waals surface area contributed by atoms with Gasteiger partial charge in [-0.25, -0.2) is 0 Å². The number of aliphatic hydroxyl groups excluding tert-OH is 2. The topological polar surface area (TPSA) is 52.9 Å². The van der Waals surface area contributed by atoms with Crippen molar-refractivity contribution in [2.45, 2.75) is 12.7 Å². The van der Waals surface area contributed by atoms with Crippen LogP contribution >= 0.6 is 11.6 Å². The summed E-state index contributed by atoms with van der Waals surface area (Å²) in [5, 5.41) is 19.0. The first-order valence-electron chi connectivity index (χ1n) is 5.62. The molecule has 0 radical (unpaired) electrons. The fraction of sp³-hybridized carbons (Fsp3) is 0.500. The van der Waals surface area contributed by atoms with Crippen LogP contribution in [0.25, 0.3) is 0 Å². The maximum atomic E-state index is 9.36. The number of anilines is 1. The zero-order valence-corrected chi connectivity index (χ0v) is 10.2. The van der Waals surface area contributed by atoms with Gasteiger partial charge in [0.25, 0.3) is 0 Å². The summed E-state index contributed by atoms with van der Waals surface area (Å²) in [4.78, 5) is 2.09. The Labute approximate surface area is 105 Å². The van der Waals surface area contributed by atoms with E-state index >= 15 is 0 Å². The normalized spacial score (nSPS) is 20.6. The molecule has 1 unspecified atom stereocenters. The molecule has 0 aromatic heterocycles. The van der Waals surface area contributed by atoms with Gasteiger partial charge >= 0.3 is 0 Å². The lowest BCUT2D eigenvalue weighted by Gasteiger charge is -2.34. The monoisotopic (exact) mass is 257 g/mol. The molecule has 0 spiro atoms. The van der Waals surface area contributed by atoms with Crippen LogP contribution in [0.15, 0.2) is 18.2 Å². The van der Waals surface area contributed by atoms with Crippen LogP contribution in [-0.2, 0) is 11.3 Å². The van der Waals surface area contributed by atoms with Gasteiger partial charge in [-0.2, -0.15) is 0 Å². The summed E-state index contributed by atoms with van der Waals surface area (Å²) >= 11 is 6.05. The summed E-state index contributed by atoms with van der Waals surface area (Å²) in [5.41, 5.74) is 1.65. The van der Waals surface area contributed by atoms with Crippen molar-refractivity contribution < 1.29 is 14.9 Å². The molecule has 1 atom stereocenters. The van der Waals surface area contributed by atoms with Gasteiger partial charge in [0.15, 0.2) is 0 Å². The molecular formula is C12H16ClNO3. The van der Waals surface area contributed by atoms with E-state index in [1.54, 1.807) is 6.07 Å². The van der Waals surface area contributed by atoms with Gasteiger partial charge in [-0.15, -0.1) is 0 Å². The first kappa shape index (κ1) is 12.6. The van der Waals surface area contributed by atoms with Crippen LogP contribution in [0.3, 0.4) is 0 Å². The highest BCUT2D eigenvalue weighted by molar-refractivity contribution is 6.31. The largest absolute Gasteiger partial charge is 0.394 e. The zero-order valence-electron chi connectivity index (χ0n) is 9.47. The molecule has 1 aromatic rings. The number of aliphatic hydroxyl groups is 2. The number of hydrogen-bond donors (Lipinski definition) is 2. The molecular weight excluding hydrogens is 242 g/mol. The second kappa shape index (κ2) is 5.69. The molecule has 1 heterocycles. The van der Waals surface area contributed by atoms with Gasteiger partial charge in [-0.1, -0.05) is 17.7 Å². The molecule has 94 valence electrons. The predicted molar refractivity (Wildman–Crippen MR) is 66.4 cm³/mol. The van der Waals surface area contributed by atoms with Gasteiger partial charge in [0, 0.05) is 29.4 Å². The summed E-state index contributed by atoms with van der Waals surface area (Å²) < 4.78 is 5.40. The van der Waals surface area contributed by atoms with Crippen molar-refractivity contribution in [3.63, 3.8) is 0 Å². The Bertz CT molecular complexity index is 386. The molecule has 5 heteroatoms. The molecule has 2 rings (SSSR count). The van der Waals surface area contributed by atoms with E-state index in [2.05, 4.69) is 4.90 Å². The highest BCUT2D eigenvalue weighted by Gasteiger charge is 2.22. The zero-order chi connectivity index (χ0) is 12.3. The minimum atomic E-state index is -0.172. The third-order valence-electron chi connectivity index (χ3n) is 2.94. The molecule has 0 amide bonds. The third kappa shape index (κ3) is 2.72. The Balaban J connectivity index is 2.24. The van der Waals surface area contributed by atoms with E-state index in [1.807, 2.05) is 12.1 Å². The third-order valence-corrected chi connectivity index (χ3v) is 3.29. The van der Waals surface area contributed by atoms with Crippen LogP contribution in [0.5, 0.6) is 0 Å². The van der Waals surface area contributed by atoms with E-state index < -0.39 is 0 Å². The number of hydrogen-bond acceptors (Lipinski definition) is 4. The number of nitrogens with zero attached hydrogens (tertiary/aromatic N) is 1. The molecule has 1 aliphatic rings. The average molecular weight is 258 g/mol. The molecule has 0 saturated carbocycles. The number of benzene rings is 1.